The number of nitrogens with zero attached hydrogens (tertiary/aromatic N) is 3. The van der Waals surface area contributed by atoms with Gasteiger partial charge in [-0.2, -0.15) is 0 Å². The van der Waals surface area contributed by atoms with Gasteiger partial charge in [0, 0.05) is 24.9 Å². The first kappa shape index (κ1) is 20.3. The van der Waals surface area contributed by atoms with Gasteiger partial charge < -0.3 is 15.0 Å². The largest absolute Gasteiger partial charge is 0.338 e. The van der Waals surface area contributed by atoms with Crippen molar-refractivity contribution in [1.82, 2.24) is 14.9 Å². The summed E-state index contributed by atoms with van der Waals surface area (Å²) in [5.41, 5.74) is 0.379. The summed E-state index contributed by atoms with van der Waals surface area (Å²) < 4.78 is 13.7. The standard InChI is InChI=1S/C16H18ClFN4.C3H6O/c1-22-8-4-5-11(10-22)16-20-14(17)9-15(21-16)19-13-7-3-2-6-12(13)18;1-2-3-4/h2-3,6-7,9,11H,4-5,8,10H2,1H3,(H,19,20,21);3H,2H2,1H3. The zero-order valence-corrected chi connectivity index (χ0v) is 15.8. The lowest BCUT2D eigenvalue weighted by molar-refractivity contribution is -0.107. The minimum Gasteiger partial charge on any atom is -0.338 e. The van der Waals surface area contributed by atoms with E-state index in [1.54, 1.807) is 24.3 Å². The number of piperidine rings is 1. The van der Waals surface area contributed by atoms with Gasteiger partial charge in [0.1, 0.15) is 28.9 Å². The summed E-state index contributed by atoms with van der Waals surface area (Å²) in [5, 5.41) is 3.35. The van der Waals surface area contributed by atoms with Crippen molar-refractivity contribution in [3.05, 3.63) is 47.1 Å². The maximum Gasteiger partial charge on any atom is 0.146 e. The second kappa shape index (κ2) is 10.2. The van der Waals surface area contributed by atoms with Crippen LogP contribution in [0.3, 0.4) is 0 Å². The molecule has 1 atom stereocenters. The highest BCUT2D eigenvalue weighted by Gasteiger charge is 2.22. The number of anilines is 2. The number of hydrogen-bond donors (Lipinski definition) is 1. The van der Waals surface area contributed by atoms with Crippen molar-refractivity contribution in [2.45, 2.75) is 32.1 Å². The van der Waals surface area contributed by atoms with E-state index in [1.807, 2.05) is 6.92 Å². The molecule has 7 heteroatoms. The molecule has 1 fully saturated rings. The molecule has 1 aromatic heterocycles. The molecule has 5 nitrogen and oxygen atoms in total. The van der Waals surface area contributed by atoms with Crippen LogP contribution in [-0.4, -0.2) is 41.3 Å². The second-order valence-corrected chi connectivity index (χ2v) is 6.60. The van der Waals surface area contributed by atoms with Crippen LogP contribution in [0.2, 0.25) is 5.15 Å². The number of likely N-dealkylation sites (N-methyl/N-ethyl adjacent to an activating group) is 1. The lowest BCUT2D eigenvalue weighted by atomic mass is 9.98. The Bertz CT molecular complexity index is 728. The van der Waals surface area contributed by atoms with E-state index in [1.165, 1.54) is 6.07 Å². The Balaban J connectivity index is 0.000000552. The predicted molar refractivity (Wildman–Crippen MR) is 103 cm³/mol. The fraction of sp³-hybridized carbons (Fsp3) is 0.421. The van der Waals surface area contributed by atoms with Gasteiger partial charge >= 0.3 is 0 Å². The SMILES string of the molecule is CCC=O.CN1CCCC(c2nc(Cl)cc(Nc3ccccc3F)n2)C1. The molecule has 1 saturated heterocycles. The van der Waals surface area contributed by atoms with Gasteiger partial charge in [0.15, 0.2) is 0 Å². The topological polar surface area (TPSA) is 58.1 Å². The molecule has 2 aromatic rings. The average molecular weight is 379 g/mol. The molecule has 0 bridgehead atoms. The minimum atomic E-state index is -0.323. The highest BCUT2D eigenvalue weighted by molar-refractivity contribution is 6.29. The molecule has 0 spiro atoms. The van der Waals surface area contributed by atoms with Gasteiger partial charge in [-0.25, -0.2) is 14.4 Å². The van der Waals surface area contributed by atoms with Crippen molar-refractivity contribution in [3.8, 4) is 0 Å². The number of aromatic nitrogens is 2. The van der Waals surface area contributed by atoms with Crippen molar-refractivity contribution in [2.24, 2.45) is 0 Å². The third-order valence-electron chi connectivity index (χ3n) is 4.01. The lowest BCUT2D eigenvalue weighted by Crippen LogP contribution is -2.31. The van der Waals surface area contributed by atoms with E-state index >= 15 is 0 Å². The fourth-order valence-electron chi connectivity index (χ4n) is 2.76. The lowest BCUT2D eigenvalue weighted by Gasteiger charge is -2.28. The quantitative estimate of drug-likeness (QED) is 0.630. The van der Waals surface area contributed by atoms with Crippen LogP contribution < -0.4 is 5.32 Å². The molecule has 2 heterocycles. The molecule has 1 N–H and O–H groups in total. The molecule has 3 rings (SSSR count). The van der Waals surface area contributed by atoms with E-state index < -0.39 is 0 Å². The number of rotatable bonds is 4. The number of carbonyl (C=O) groups excluding carboxylic acids is 1. The Morgan fingerprint density at radius 1 is 1.38 bits per heavy atom. The molecular weight excluding hydrogens is 355 g/mol. The van der Waals surface area contributed by atoms with Crippen LogP contribution >= 0.6 is 11.6 Å². The number of likely N-dealkylation sites (tertiary alicyclic amines) is 1. The van der Waals surface area contributed by atoms with E-state index in [2.05, 4.69) is 27.2 Å². The van der Waals surface area contributed by atoms with Gasteiger partial charge in [-0.3, -0.25) is 0 Å². The van der Waals surface area contributed by atoms with E-state index in [0.717, 1.165) is 38.0 Å². The Labute approximate surface area is 158 Å². The van der Waals surface area contributed by atoms with Crippen LogP contribution in [0.1, 0.15) is 37.9 Å². The predicted octanol–water partition coefficient (Wildman–Crippen LogP) is 4.42. The van der Waals surface area contributed by atoms with Gasteiger partial charge in [0.2, 0.25) is 0 Å². The maximum atomic E-state index is 13.7. The first-order valence-corrected chi connectivity index (χ1v) is 9.09. The second-order valence-electron chi connectivity index (χ2n) is 6.22. The monoisotopic (exact) mass is 378 g/mol. The average Bonchev–Trinajstić information content (AvgIpc) is 2.63. The minimum absolute atomic E-state index is 0.263. The van der Waals surface area contributed by atoms with Crippen LogP contribution in [0, 0.1) is 5.82 Å². The van der Waals surface area contributed by atoms with Crippen LogP contribution in [0.25, 0.3) is 0 Å². The molecule has 1 aliphatic heterocycles. The van der Waals surface area contributed by atoms with Crippen LogP contribution in [0.15, 0.2) is 30.3 Å². The first-order chi connectivity index (χ1) is 12.5. The summed E-state index contributed by atoms with van der Waals surface area (Å²) in [6, 6.07) is 8.10. The van der Waals surface area contributed by atoms with Crippen molar-refractivity contribution >= 4 is 29.4 Å². The van der Waals surface area contributed by atoms with Crippen molar-refractivity contribution in [1.29, 1.82) is 0 Å². The van der Waals surface area contributed by atoms with Gasteiger partial charge in [-0.05, 0) is 38.6 Å². The first-order valence-electron chi connectivity index (χ1n) is 8.71. The summed E-state index contributed by atoms with van der Waals surface area (Å²) in [7, 11) is 2.09. The van der Waals surface area contributed by atoms with E-state index in [4.69, 9.17) is 11.6 Å². The molecule has 0 amide bonds. The zero-order chi connectivity index (χ0) is 18.9. The fourth-order valence-corrected chi connectivity index (χ4v) is 2.95. The van der Waals surface area contributed by atoms with Crippen molar-refractivity contribution in [2.75, 3.05) is 25.5 Å². The van der Waals surface area contributed by atoms with Gasteiger partial charge in [-0.1, -0.05) is 30.7 Å². The summed E-state index contributed by atoms with van der Waals surface area (Å²) >= 11 is 6.11. The van der Waals surface area contributed by atoms with E-state index in [-0.39, 0.29) is 11.7 Å². The van der Waals surface area contributed by atoms with Crippen molar-refractivity contribution in [3.63, 3.8) is 0 Å². The van der Waals surface area contributed by atoms with Gasteiger partial charge in [0.05, 0.1) is 5.69 Å². The van der Waals surface area contributed by atoms with Crippen molar-refractivity contribution < 1.29 is 9.18 Å². The Morgan fingerprint density at radius 2 is 2.12 bits per heavy atom. The summed E-state index contributed by atoms with van der Waals surface area (Å²) in [4.78, 5) is 20.3. The molecular formula is C19H24ClFN4O. The number of nitrogens with one attached hydrogen (secondary N) is 1. The maximum absolute atomic E-state index is 13.7. The van der Waals surface area contributed by atoms with Gasteiger partial charge in [0.25, 0.3) is 0 Å². The summed E-state index contributed by atoms with van der Waals surface area (Å²) in [5.74, 6) is 1.18. The molecule has 140 valence electrons. The number of aldehydes is 1. The third-order valence-corrected chi connectivity index (χ3v) is 4.20. The number of para-hydroxylation sites is 1. The summed E-state index contributed by atoms with van der Waals surface area (Å²) in [6.07, 6.45) is 3.68. The Hall–Kier alpha value is -2.05. The highest BCUT2D eigenvalue weighted by Crippen LogP contribution is 2.27. The molecule has 1 aromatic carbocycles. The molecule has 0 aliphatic carbocycles. The number of benzene rings is 1. The molecule has 1 aliphatic rings. The molecule has 0 saturated carbocycles. The summed E-state index contributed by atoms with van der Waals surface area (Å²) in [6.45, 7) is 3.82. The number of hydrogen-bond acceptors (Lipinski definition) is 5. The number of halogens is 2. The van der Waals surface area contributed by atoms with E-state index in [0.29, 0.717) is 23.1 Å². The van der Waals surface area contributed by atoms with Crippen LogP contribution in [-0.2, 0) is 4.79 Å². The molecule has 26 heavy (non-hydrogen) atoms. The van der Waals surface area contributed by atoms with Crippen LogP contribution in [0.4, 0.5) is 15.9 Å². The smallest absolute Gasteiger partial charge is 0.146 e. The molecule has 0 radical (unpaired) electrons. The molecule has 1 unspecified atom stereocenters. The third kappa shape index (κ3) is 6.04. The number of carbonyl (C=O) groups is 1. The zero-order valence-electron chi connectivity index (χ0n) is 15.1. The van der Waals surface area contributed by atoms with Crippen LogP contribution in [0.5, 0.6) is 0 Å². The van der Waals surface area contributed by atoms with Gasteiger partial charge in [-0.15, -0.1) is 0 Å². The van der Waals surface area contributed by atoms with E-state index in [9.17, 15) is 9.18 Å². The Kier molecular flexibility index (Phi) is 7.94. The Morgan fingerprint density at radius 3 is 2.77 bits per heavy atom. The highest BCUT2D eigenvalue weighted by atomic mass is 35.5. The normalized spacial score (nSPS) is 17.2.